The van der Waals surface area contributed by atoms with Gasteiger partial charge in [-0.2, -0.15) is 0 Å². The molecule has 26 heavy (non-hydrogen) atoms. The Labute approximate surface area is 155 Å². The number of hydrogen-bond acceptors (Lipinski definition) is 5. The van der Waals surface area contributed by atoms with Crippen LogP contribution in [0.15, 0.2) is 18.2 Å². The number of carbonyl (C=O) groups is 1. The number of nitrogens with one attached hydrogen (secondary N) is 1. The summed E-state index contributed by atoms with van der Waals surface area (Å²) in [5.74, 6) is 1.09. The first kappa shape index (κ1) is 19.0. The maximum atomic E-state index is 13.0. The van der Waals surface area contributed by atoms with E-state index in [0.29, 0.717) is 43.6 Å². The highest BCUT2D eigenvalue weighted by atomic mass is 16.5. The highest BCUT2D eigenvalue weighted by molar-refractivity contribution is 5.86. The fraction of sp³-hybridized carbons (Fsp3) is 0.650. The molecule has 2 N–H and O–H groups in total. The van der Waals surface area contributed by atoms with Gasteiger partial charge >= 0.3 is 0 Å². The Morgan fingerprint density at radius 2 is 2.00 bits per heavy atom. The first-order valence-corrected chi connectivity index (χ1v) is 9.52. The molecule has 1 aromatic carbocycles. The van der Waals surface area contributed by atoms with Crippen LogP contribution in [-0.4, -0.2) is 54.9 Å². The Morgan fingerprint density at radius 1 is 1.23 bits per heavy atom. The van der Waals surface area contributed by atoms with Gasteiger partial charge in [-0.15, -0.1) is 0 Å². The predicted molar refractivity (Wildman–Crippen MR) is 99.4 cm³/mol. The molecule has 1 heterocycles. The van der Waals surface area contributed by atoms with Gasteiger partial charge in [-0.05, 0) is 31.7 Å². The van der Waals surface area contributed by atoms with Crippen molar-refractivity contribution in [1.82, 2.24) is 10.2 Å². The minimum absolute atomic E-state index is 0.195. The fourth-order valence-corrected chi connectivity index (χ4v) is 4.11. The van der Waals surface area contributed by atoms with E-state index >= 15 is 0 Å². The van der Waals surface area contributed by atoms with E-state index < -0.39 is 5.60 Å². The predicted octanol–water partition coefficient (Wildman–Crippen LogP) is 2.09. The Hall–Kier alpha value is -1.79. The van der Waals surface area contributed by atoms with Crippen molar-refractivity contribution < 1.29 is 19.4 Å². The second kappa shape index (κ2) is 8.27. The summed E-state index contributed by atoms with van der Waals surface area (Å²) in [7, 11) is 3.20. The van der Waals surface area contributed by atoms with Crippen LogP contribution in [0.5, 0.6) is 11.5 Å². The number of hydrogen-bond donors (Lipinski definition) is 2. The molecule has 6 heteroatoms. The van der Waals surface area contributed by atoms with Crippen molar-refractivity contribution in [2.45, 2.75) is 56.7 Å². The molecule has 1 saturated carbocycles. The SMILES string of the molecule is COc1cccc(CN2CCC[C@@](O)(CNC3CCCC3)C2=O)c1OC. The molecule has 144 valence electrons. The van der Waals surface area contributed by atoms with Crippen LogP contribution < -0.4 is 14.8 Å². The first-order valence-electron chi connectivity index (χ1n) is 9.52. The van der Waals surface area contributed by atoms with Gasteiger partial charge in [0.15, 0.2) is 17.1 Å². The molecule has 1 aliphatic carbocycles. The van der Waals surface area contributed by atoms with Crippen LogP contribution in [0.1, 0.15) is 44.1 Å². The quantitative estimate of drug-likeness (QED) is 0.777. The molecule has 1 aromatic rings. The number of nitrogens with zero attached hydrogens (tertiary/aromatic N) is 1. The van der Waals surface area contributed by atoms with E-state index in [-0.39, 0.29) is 5.91 Å². The minimum atomic E-state index is -1.31. The number of ether oxygens (including phenoxy) is 2. The molecule has 1 aliphatic heterocycles. The molecule has 1 amide bonds. The van der Waals surface area contributed by atoms with Gasteiger partial charge in [0.25, 0.3) is 5.91 Å². The van der Waals surface area contributed by atoms with Crippen LogP contribution in [-0.2, 0) is 11.3 Å². The van der Waals surface area contributed by atoms with Crippen LogP contribution in [0, 0.1) is 0 Å². The second-order valence-corrected chi connectivity index (χ2v) is 7.38. The van der Waals surface area contributed by atoms with E-state index in [9.17, 15) is 9.90 Å². The van der Waals surface area contributed by atoms with Crippen LogP contribution in [0.3, 0.4) is 0 Å². The number of methoxy groups -OCH3 is 2. The average molecular weight is 362 g/mol. The standard InChI is InChI=1S/C20H30N2O4/c1-25-17-10-5-7-15(18(17)26-2)13-22-12-6-11-20(24,19(22)23)14-21-16-8-3-4-9-16/h5,7,10,16,21,24H,3-4,6,8-9,11-14H2,1-2H3/t20-/m1/s1. The average Bonchev–Trinajstić information content (AvgIpc) is 3.17. The zero-order valence-corrected chi connectivity index (χ0v) is 15.8. The van der Waals surface area contributed by atoms with Gasteiger partial charge in [-0.1, -0.05) is 25.0 Å². The molecule has 3 rings (SSSR count). The van der Waals surface area contributed by atoms with E-state index in [2.05, 4.69) is 5.32 Å². The van der Waals surface area contributed by atoms with Crippen molar-refractivity contribution in [3.8, 4) is 11.5 Å². The monoisotopic (exact) mass is 362 g/mol. The highest BCUT2D eigenvalue weighted by Gasteiger charge is 2.42. The molecule has 0 bridgehead atoms. The fourth-order valence-electron chi connectivity index (χ4n) is 4.11. The summed E-state index contributed by atoms with van der Waals surface area (Å²) in [6, 6.07) is 6.08. The number of aliphatic hydroxyl groups is 1. The molecule has 0 radical (unpaired) electrons. The third kappa shape index (κ3) is 3.96. The van der Waals surface area contributed by atoms with E-state index in [1.165, 1.54) is 12.8 Å². The van der Waals surface area contributed by atoms with E-state index in [4.69, 9.17) is 9.47 Å². The lowest BCUT2D eigenvalue weighted by Crippen LogP contribution is -2.58. The smallest absolute Gasteiger partial charge is 0.256 e. The molecule has 1 saturated heterocycles. The topological polar surface area (TPSA) is 71.0 Å². The third-order valence-corrected chi connectivity index (χ3v) is 5.59. The van der Waals surface area contributed by atoms with Crippen LogP contribution in [0.25, 0.3) is 0 Å². The van der Waals surface area contributed by atoms with Crippen LogP contribution in [0.4, 0.5) is 0 Å². The zero-order valence-electron chi connectivity index (χ0n) is 15.8. The Kier molecular flexibility index (Phi) is 6.04. The number of piperidine rings is 1. The number of carbonyl (C=O) groups excluding carboxylic acids is 1. The number of rotatable bonds is 7. The van der Waals surface area contributed by atoms with Crippen molar-refractivity contribution in [2.75, 3.05) is 27.3 Å². The van der Waals surface area contributed by atoms with Crippen molar-refractivity contribution in [2.24, 2.45) is 0 Å². The molecular formula is C20H30N2O4. The van der Waals surface area contributed by atoms with Gasteiger partial charge in [0.1, 0.15) is 0 Å². The van der Waals surface area contributed by atoms with Gasteiger partial charge in [0.2, 0.25) is 0 Å². The number of para-hydroxylation sites is 1. The molecule has 6 nitrogen and oxygen atoms in total. The molecule has 0 aromatic heterocycles. The van der Waals surface area contributed by atoms with Crippen LogP contribution in [0.2, 0.25) is 0 Å². The number of benzene rings is 1. The lowest BCUT2D eigenvalue weighted by atomic mass is 9.91. The summed E-state index contributed by atoms with van der Waals surface area (Å²) in [6.45, 7) is 1.39. The maximum Gasteiger partial charge on any atom is 0.256 e. The van der Waals surface area contributed by atoms with Crippen molar-refractivity contribution in [3.05, 3.63) is 23.8 Å². The summed E-state index contributed by atoms with van der Waals surface area (Å²) in [5, 5.41) is 14.4. The lowest BCUT2D eigenvalue weighted by Gasteiger charge is -2.39. The largest absolute Gasteiger partial charge is 0.493 e. The molecule has 2 fully saturated rings. The molecule has 0 unspecified atom stereocenters. The lowest BCUT2D eigenvalue weighted by molar-refractivity contribution is -0.157. The molecule has 1 atom stereocenters. The Balaban J connectivity index is 1.69. The van der Waals surface area contributed by atoms with Crippen molar-refractivity contribution in [1.29, 1.82) is 0 Å². The summed E-state index contributed by atoms with van der Waals surface area (Å²) in [4.78, 5) is 14.7. The molecule has 0 spiro atoms. The highest BCUT2D eigenvalue weighted by Crippen LogP contribution is 2.33. The van der Waals surface area contributed by atoms with Crippen molar-refractivity contribution in [3.63, 3.8) is 0 Å². The summed E-state index contributed by atoms with van der Waals surface area (Å²) >= 11 is 0. The summed E-state index contributed by atoms with van der Waals surface area (Å²) < 4.78 is 10.8. The normalized spacial score (nSPS) is 24.1. The van der Waals surface area contributed by atoms with E-state index in [1.54, 1.807) is 19.1 Å². The van der Waals surface area contributed by atoms with Gasteiger partial charge in [0.05, 0.1) is 14.2 Å². The third-order valence-electron chi connectivity index (χ3n) is 5.59. The molecule has 2 aliphatic rings. The molecular weight excluding hydrogens is 332 g/mol. The van der Waals surface area contributed by atoms with E-state index in [0.717, 1.165) is 24.8 Å². The second-order valence-electron chi connectivity index (χ2n) is 7.38. The Bertz CT molecular complexity index is 630. The van der Waals surface area contributed by atoms with Gasteiger partial charge in [-0.3, -0.25) is 4.79 Å². The first-order chi connectivity index (χ1) is 12.6. The number of likely N-dealkylation sites (tertiary alicyclic amines) is 1. The zero-order chi connectivity index (χ0) is 18.6. The maximum absolute atomic E-state index is 13.0. The van der Waals surface area contributed by atoms with Crippen molar-refractivity contribution >= 4 is 5.91 Å². The van der Waals surface area contributed by atoms with Crippen LogP contribution >= 0.6 is 0 Å². The Morgan fingerprint density at radius 3 is 2.69 bits per heavy atom. The van der Waals surface area contributed by atoms with Gasteiger partial charge in [0, 0.05) is 31.2 Å². The van der Waals surface area contributed by atoms with E-state index in [1.807, 2.05) is 18.2 Å². The number of amides is 1. The van der Waals surface area contributed by atoms with Gasteiger partial charge < -0.3 is 24.8 Å². The summed E-state index contributed by atoms with van der Waals surface area (Å²) in [6.07, 6.45) is 6.03. The summed E-state index contributed by atoms with van der Waals surface area (Å²) in [5.41, 5.74) is -0.430. The van der Waals surface area contributed by atoms with Gasteiger partial charge in [-0.25, -0.2) is 0 Å². The minimum Gasteiger partial charge on any atom is -0.493 e.